The van der Waals surface area contributed by atoms with Gasteiger partial charge in [0.05, 0.1) is 22.5 Å². The van der Waals surface area contributed by atoms with E-state index in [-0.39, 0.29) is 28.1 Å². The summed E-state index contributed by atoms with van der Waals surface area (Å²) in [6.07, 6.45) is 2.40. The summed E-state index contributed by atoms with van der Waals surface area (Å²) in [5, 5.41) is 0.230. The number of nitrogens with zero attached hydrogens (tertiary/aromatic N) is 2. The van der Waals surface area contributed by atoms with Crippen molar-refractivity contribution in [2.75, 3.05) is 5.75 Å². The molecule has 0 unspecified atom stereocenters. The molecule has 0 aliphatic carbocycles. The number of aromatic nitrogens is 1. The molecule has 0 saturated carbocycles. The molecule has 0 spiro atoms. The summed E-state index contributed by atoms with van der Waals surface area (Å²) < 4.78 is 39.8. The normalized spacial score (nSPS) is 15.4. The molecule has 0 radical (unpaired) electrons. The Morgan fingerprint density at radius 3 is 2.42 bits per heavy atom. The van der Waals surface area contributed by atoms with Crippen molar-refractivity contribution < 1.29 is 12.8 Å². The van der Waals surface area contributed by atoms with Crippen LogP contribution in [0.3, 0.4) is 0 Å². The molecule has 0 amide bonds. The molecular weight excluding hydrogens is 463 g/mol. The summed E-state index contributed by atoms with van der Waals surface area (Å²) in [5.41, 5.74) is 4.74. The van der Waals surface area contributed by atoms with E-state index in [0.717, 1.165) is 22.3 Å². The summed E-state index contributed by atoms with van der Waals surface area (Å²) in [7, 11) is -1.56. The van der Waals surface area contributed by atoms with Crippen molar-refractivity contribution in [1.82, 2.24) is 4.57 Å². The number of hydrogen-bond donors (Lipinski definition) is 0. The summed E-state index contributed by atoms with van der Waals surface area (Å²) in [5.74, 6) is -0.485. The predicted octanol–water partition coefficient (Wildman–Crippen LogP) is 5.08. The van der Waals surface area contributed by atoms with Gasteiger partial charge in [0.2, 0.25) is 0 Å². The van der Waals surface area contributed by atoms with Gasteiger partial charge in [-0.15, -0.1) is 0 Å². The van der Waals surface area contributed by atoms with Gasteiger partial charge in [0.1, 0.15) is 5.82 Å². The predicted molar refractivity (Wildman–Crippen MR) is 130 cm³/mol. The van der Waals surface area contributed by atoms with E-state index in [1.165, 1.54) is 16.7 Å². The monoisotopic (exact) mass is 486 g/mol. The van der Waals surface area contributed by atoms with Crippen molar-refractivity contribution in [3.05, 3.63) is 92.1 Å². The Morgan fingerprint density at radius 2 is 1.76 bits per heavy atom. The number of aryl methyl sites for hydroxylation is 1. The first kappa shape index (κ1) is 23.4. The van der Waals surface area contributed by atoms with E-state index in [0.29, 0.717) is 23.3 Å². The average molecular weight is 487 g/mol. The third-order valence-corrected chi connectivity index (χ3v) is 7.90. The molecule has 0 N–H and O–H groups in total. The molecule has 8 heteroatoms. The lowest BCUT2D eigenvalue weighted by molar-refractivity contribution is 0.596. The summed E-state index contributed by atoms with van der Waals surface area (Å²) in [6, 6.07) is 10.9. The van der Waals surface area contributed by atoms with Crippen molar-refractivity contribution in [3.8, 4) is 11.1 Å². The minimum atomic E-state index is -3.24. The number of sulfone groups is 1. The van der Waals surface area contributed by atoms with E-state index in [4.69, 9.17) is 16.6 Å². The van der Waals surface area contributed by atoms with Crippen LogP contribution in [0, 0.1) is 5.82 Å². The molecule has 4 rings (SSSR count). The number of pyridine rings is 1. The van der Waals surface area contributed by atoms with E-state index in [9.17, 15) is 17.6 Å². The van der Waals surface area contributed by atoms with Crippen molar-refractivity contribution >= 4 is 27.1 Å². The number of fused-ring (bicyclic) bond motifs is 3. The van der Waals surface area contributed by atoms with Gasteiger partial charge in [-0.05, 0) is 47.4 Å². The minimum absolute atomic E-state index is 0.0466. The van der Waals surface area contributed by atoms with E-state index < -0.39 is 15.7 Å². The fourth-order valence-corrected chi connectivity index (χ4v) is 5.26. The highest BCUT2D eigenvalue weighted by molar-refractivity contribution is 7.90. The Kier molecular flexibility index (Phi) is 6.29. The zero-order valence-corrected chi connectivity index (χ0v) is 20.2. The maximum Gasteiger partial charge on any atom is 0.250 e. The molecule has 1 aliphatic heterocycles. The van der Waals surface area contributed by atoms with Crippen LogP contribution in [-0.4, -0.2) is 24.4 Å². The van der Waals surface area contributed by atoms with E-state index in [2.05, 4.69) is 0 Å². The molecule has 5 nitrogen and oxygen atoms in total. The van der Waals surface area contributed by atoms with Gasteiger partial charge in [-0.2, -0.15) is 0 Å². The molecular formula is C25H24ClFN2O3S. The number of rotatable bonds is 5. The van der Waals surface area contributed by atoms with Crippen LogP contribution in [0.5, 0.6) is 0 Å². The highest BCUT2D eigenvalue weighted by Gasteiger charge is 2.27. The summed E-state index contributed by atoms with van der Waals surface area (Å²) in [6.45, 7) is 3.60. The van der Waals surface area contributed by atoms with Crippen LogP contribution in [0.1, 0.15) is 48.6 Å². The van der Waals surface area contributed by atoms with Crippen LogP contribution < -0.4 is 5.56 Å². The van der Waals surface area contributed by atoms with Crippen molar-refractivity contribution in [2.45, 2.75) is 32.1 Å². The van der Waals surface area contributed by atoms with Crippen LogP contribution in [0.4, 0.5) is 4.39 Å². The van der Waals surface area contributed by atoms with Gasteiger partial charge in [-0.25, -0.2) is 12.8 Å². The van der Waals surface area contributed by atoms with Gasteiger partial charge in [-0.1, -0.05) is 37.6 Å². The average Bonchev–Trinajstić information content (AvgIpc) is 2.89. The first-order chi connectivity index (χ1) is 15.6. The maximum absolute atomic E-state index is 13.8. The Hall–Kier alpha value is -2.77. The summed E-state index contributed by atoms with van der Waals surface area (Å²) in [4.78, 5) is 17.5. The Labute approximate surface area is 197 Å². The zero-order valence-electron chi connectivity index (χ0n) is 18.6. The second-order valence-corrected chi connectivity index (χ2v) is 10.9. The minimum Gasteiger partial charge on any atom is -0.318 e. The summed E-state index contributed by atoms with van der Waals surface area (Å²) >= 11 is 6.42. The lowest BCUT2D eigenvalue weighted by Gasteiger charge is -2.15. The molecule has 0 bridgehead atoms. The first-order valence-electron chi connectivity index (χ1n) is 10.7. The molecule has 172 valence electrons. The standard InChI is InChI=1S/C25H24ClFN2O3S/c1-4-23-20-12-24(30)29(3)13-21(20)19-10-15(14-33(31,32)5-2)6-8-17(19)25(28-23)18-9-7-16(27)11-22(18)26/h6-13,23H,4-5,14H2,1-3H3/t23-/m0/s1. The highest BCUT2D eigenvalue weighted by Crippen LogP contribution is 2.39. The van der Waals surface area contributed by atoms with Gasteiger partial charge in [0.25, 0.3) is 5.56 Å². The van der Waals surface area contributed by atoms with Crippen LogP contribution in [-0.2, 0) is 22.6 Å². The molecule has 1 aromatic heterocycles. The molecule has 0 fully saturated rings. The Bertz CT molecular complexity index is 1440. The second-order valence-electron chi connectivity index (χ2n) is 8.17. The van der Waals surface area contributed by atoms with Gasteiger partial charge in [-0.3, -0.25) is 9.79 Å². The smallest absolute Gasteiger partial charge is 0.250 e. The van der Waals surface area contributed by atoms with Crippen LogP contribution in [0.15, 0.2) is 58.4 Å². The Morgan fingerprint density at radius 1 is 1.03 bits per heavy atom. The van der Waals surface area contributed by atoms with E-state index in [1.54, 1.807) is 38.4 Å². The second kappa shape index (κ2) is 8.88. The topological polar surface area (TPSA) is 68.5 Å². The third kappa shape index (κ3) is 4.52. The SMILES string of the molecule is CC[C@@H]1N=C(c2ccc(F)cc2Cl)c2ccc(CS(=O)(=O)CC)cc2-c2cn(C)c(=O)cc21. The largest absolute Gasteiger partial charge is 0.318 e. The van der Waals surface area contributed by atoms with Crippen LogP contribution >= 0.6 is 11.6 Å². The van der Waals surface area contributed by atoms with Crippen LogP contribution in [0.25, 0.3) is 11.1 Å². The van der Waals surface area contributed by atoms with Crippen LogP contribution in [0.2, 0.25) is 5.02 Å². The molecule has 33 heavy (non-hydrogen) atoms. The maximum atomic E-state index is 13.8. The van der Waals surface area contributed by atoms with Gasteiger partial charge in [0.15, 0.2) is 9.84 Å². The number of benzene rings is 2. The number of hydrogen-bond acceptors (Lipinski definition) is 4. The van der Waals surface area contributed by atoms with Gasteiger partial charge < -0.3 is 4.57 Å². The van der Waals surface area contributed by atoms with E-state index >= 15 is 0 Å². The Balaban J connectivity index is 2.04. The van der Waals surface area contributed by atoms with E-state index in [1.807, 2.05) is 19.1 Å². The molecule has 2 aromatic carbocycles. The lowest BCUT2D eigenvalue weighted by Crippen LogP contribution is -2.17. The number of aliphatic imine (C=N–C) groups is 1. The van der Waals surface area contributed by atoms with Gasteiger partial charge in [0, 0.05) is 41.8 Å². The molecule has 3 aromatic rings. The molecule has 1 atom stereocenters. The van der Waals surface area contributed by atoms with Gasteiger partial charge >= 0.3 is 0 Å². The molecule has 0 saturated heterocycles. The number of halogens is 2. The molecule has 2 heterocycles. The first-order valence-corrected chi connectivity index (χ1v) is 12.9. The lowest BCUT2D eigenvalue weighted by atomic mass is 9.90. The quantitative estimate of drug-likeness (QED) is 0.505. The van der Waals surface area contributed by atoms with Crippen molar-refractivity contribution in [1.29, 1.82) is 0 Å². The van der Waals surface area contributed by atoms with Crippen molar-refractivity contribution in [3.63, 3.8) is 0 Å². The zero-order chi connectivity index (χ0) is 23.9. The highest BCUT2D eigenvalue weighted by atomic mass is 35.5. The third-order valence-electron chi connectivity index (χ3n) is 5.93. The molecule has 1 aliphatic rings. The fraction of sp³-hybridized carbons (Fsp3) is 0.280. The fourth-order valence-electron chi connectivity index (χ4n) is 4.11. The van der Waals surface area contributed by atoms with Crippen molar-refractivity contribution in [2.24, 2.45) is 12.0 Å².